The molecule has 0 radical (unpaired) electrons. The van der Waals surface area contributed by atoms with Crippen molar-refractivity contribution in [3.05, 3.63) is 236 Å². The van der Waals surface area contributed by atoms with Crippen molar-refractivity contribution in [2.24, 2.45) is 0 Å². The van der Waals surface area contributed by atoms with E-state index < -0.39 is 0 Å². The summed E-state index contributed by atoms with van der Waals surface area (Å²) in [6, 6.07) is 71.1. The average Bonchev–Trinajstić information content (AvgIpc) is 3.93. The molecule has 0 bridgehead atoms. The fourth-order valence-electron chi connectivity index (χ4n) is 11.0. The van der Waals surface area contributed by atoms with E-state index in [1.54, 1.807) is 0 Å². The number of dihydropyridines is 1. The number of fused-ring (bicyclic) bond motifs is 6. The number of pyridine rings is 3. The lowest BCUT2D eigenvalue weighted by Crippen LogP contribution is -2.18. The van der Waals surface area contributed by atoms with E-state index in [1.807, 2.05) is 55.0 Å². The first-order valence-electron chi connectivity index (χ1n) is 23.3. The normalized spacial score (nSPS) is 12.9. The molecule has 3 aliphatic rings. The van der Waals surface area contributed by atoms with Gasteiger partial charge in [0.15, 0.2) is 0 Å². The molecule has 1 aliphatic heterocycles. The summed E-state index contributed by atoms with van der Waals surface area (Å²) in [7, 11) is 0. The molecule has 11 aromatic rings. The van der Waals surface area contributed by atoms with Crippen LogP contribution in [0.15, 0.2) is 225 Å². The summed E-state index contributed by atoms with van der Waals surface area (Å²) in [6.45, 7) is 0.666. The summed E-state index contributed by atoms with van der Waals surface area (Å²) >= 11 is 0. The number of nitrogens with zero attached hydrogens (tertiary/aromatic N) is 3. The highest BCUT2D eigenvalue weighted by Gasteiger charge is 2.25. The van der Waals surface area contributed by atoms with E-state index in [1.165, 1.54) is 93.9 Å². The number of hydrogen-bond acceptors (Lipinski definition) is 4. The Labute approximate surface area is 394 Å². The van der Waals surface area contributed by atoms with E-state index in [9.17, 15) is 0 Å². The molecule has 0 amide bonds. The van der Waals surface area contributed by atoms with Gasteiger partial charge in [-0.05, 0) is 189 Å². The maximum Gasteiger partial charge on any atom is 0.0886 e. The SMILES string of the molecule is C1=C(c2cc(-c3ccc(-c4ccccn4)nc3)cc(-c3cc(-c4ccc5c6c(cccc46)-c4ccccc4-5)cc(-c4ccc5c6c(cccc46)-c4ccccc4-5)c3)c2)CNC(c2ccccn2)=C1. The molecule has 0 fully saturated rings. The third kappa shape index (κ3) is 6.12. The van der Waals surface area contributed by atoms with Gasteiger partial charge in [0, 0.05) is 30.7 Å². The molecule has 14 rings (SSSR count). The molecule has 0 atom stereocenters. The summed E-state index contributed by atoms with van der Waals surface area (Å²) < 4.78 is 0. The molecule has 316 valence electrons. The number of benzene rings is 8. The Morgan fingerprint density at radius 3 is 1.28 bits per heavy atom. The Balaban J connectivity index is 0.989. The Morgan fingerprint density at radius 2 is 0.765 bits per heavy atom. The van der Waals surface area contributed by atoms with Crippen LogP contribution in [-0.4, -0.2) is 21.5 Å². The van der Waals surface area contributed by atoms with Crippen molar-refractivity contribution in [2.75, 3.05) is 6.54 Å². The van der Waals surface area contributed by atoms with E-state index in [0.29, 0.717) is 6.54 Å². The van der Waals surface area contributed by atoms with Crippen molar-refractivity contribution < 1.29 is 0 Å². The van der Waals surface area contributed by atoms with E-state index in [0.717, 1.165) is 50.6 Å². The first-order valence-corrected chi connectivity index (χ1v) is 23.3. The smallest absolute Gasteiger partial charge is 0.0886 e. The Bertz CT molecular complexity index is 3730. The van der Waals surface area contributed by atoms with Crippen LogP contribution in [0.4, 0.5) is 0 Å². The molecule has 0 saturated carbocycles. The van der Waals surface area contributed by atoms with Crippen molar-refractivity contribution in [1.82, 2.24) is 20.3 Å². The predicted molar refractivity (Wildman–Crippen MR) is 281 cm³/mol. The fraction of sp³-hybridized carbons (Fsp3) is 0.0156. The van der Waals surface area contributed by atoms with Crippen LogP contribution < -0.4 is 5.32 Å². The third-order valence-electron chi connectivity index (χ3n) is 14.2. The molecule has 4 heterocycles. The van der Waals surface area contributed by atoms with Crippen LogP contribution in [0.1, 0.15) is 11.3 Å². The minimum atomic E-state index is 0.666. The summed E-state index contributed by atoms with van der Waals surface area (Å²) in [5.74, 6) is 0. The average molecular weight is 865 g/mol. The van der Waals surface area contributed by atoms with Crippen molar-refractivity contribution in [1.29, 1.82) is 0 Å². The molecule has 68 heavy (non-hydrogen) atoms. The highest BCUT2D eigenvalue weighted by atomic mass is 14.9. The van der Waals surface area contributed by atoms with Crippen molar-refractivity contribution >= 4 is 32.8 Å². The minimum Gasteiger partial charge on any atom is -0.379 e. The summed E-state index contributed by atoms with van der Waals surface area (Å²) in [5.41, 5.74) is 25.6. The zero-order valence-electron chi connectivity index (χ0n) is 36.9. The summed E-state index contributed by atoms with van der Waals surface area (Å²) in [6.07, 6.45) is 10.0. The molecule has 0 saturated heterocycles. The number of nitrogens with one attached hydrogen (secondary N) is 1. The highest BCUT2D eigenvalue weighted by molar-refractivity contribution is 6.20. The number of allylic oxidation sites excluding steroid dienone is 2. The zero-order chi connectivity index (χ0) is 44.7. The van der Waals surface area contributed by atoms with Crippen LogP contribution in [0.3, 0.4) is 0 Å². The van der Waals surface area contributed by atoms with Gasteiger partial charge in [0.05, 0.1) is 22.8 Å². The van der Waals surface area contributed by atoms with Gasteiger partial charge in [0.1, 0.15) is 0 Å². The van der Waals surface area contributed by atoms with Crippen LogP contribution in [-0.2, 0) is 0 Å². The van der Waals surface area contributed by atoms with Gasteiger partial charge in [-0.15, -0.1) is 0 Å². The number of aromatic nitrogens is 3. The quantitative estimate of drug-likeness (QED) is 0.173. The summed E-state index contributed by atoms with van der Waals surface area (Å²) in [5, 5.41) is 8.84. The number of rotatable bonds is 7. The Hall–Kier alpha value is -8.99. The molecule has 1 N–H and O–H groups in total. The van der Waals surface area contributed by atoms with Gasteiger partial charge < -0.3 is 5.32 Å². The monoisotopic (exact) mass is 864 g/mol. The second-order valence-corrected chi connectivity index (χ2v) is 18.0. The van der Waals surface area contributed by atoms with Gasteiger partial charge in [-0.25, -0.2) is 0 Å². The van der Waals surface area contributed by atoms with Gasteiger partial charge in [0.25, 0.3) is 0 Å². The van der Waals surface area contributed by atoms with Gasteiger partial charge in [0.2, 0.25) is 0 Å². The number of hydrogen-bond donors (Lipinski definition) is 1. The van der Waals surface area contributed by atoms with Crippen molar-refractivity contribution in [2.45, 2.75) is 0 Å². The molecular weight excluding hydrogens is 825 g/mol. The third-order valence-corrected chi connectivity index (χ3v) is 14.2. The van der Waals surface area contributed by atoms with Gasteiger partial charge in [-0.1, -0.05) is 133 Å². The fourth-order valence-corrected chi connectivity index (χ4v) is 11.0. The van der Waals surface area contributed by atoms with E-state index >= 15 is 0 Å². The largest absolute Gasteiger partial charge is 0.379 e. The maximum absolute atomic E-state index is 4.94. The molecule has 0 unspecified atom stereocenters. The second-order valence-electron chi connectivity index (χ2n) is 18.0. The Morgan fingerprint density at radius 1 is 0.309 bits per heavy atom. The van der Waals surface area contributed by atoms with Crippen LogP contribution in [0.2, 0.25) is 0 Å². The lowest BCUT2D eigenvalue weighted by molar-refractivity contribution is 0.994. The van der Waals surface area contributed by atoms with Gasteiger partial charge in [-0.2, -0.15) is 0 Å². The van der Waals surface area contributed by atoms with E-state index in [-0.39, 0.29) is 0 Å². The molecule has 2 aliphatic carbocycles. The second kappa shape index (κ2) is 15.3. The van der Waals surface area contributed by atoms with Crippen LogP contribution in [0, 0.1) is 0 Å². The predicted octanol–water partition coefficient (Wildman–Crippen LogP) is 15.8. The zero-order valence-corrected chi connectivity index (χ0v) is 36.9. The van der Waals surface area contributed by atoms with Crippen LogP contribution in [0.25, 0.3) is 133 Å². The highest BCUT2D eigenvalue weighted by Crippen LogP contribution is 2.52. The Kier molecular flexibility index (Phi) is 8.62. The molecule has 0 spiro atoms. The van der Waals surface area contributed by atoms with Crippen LogP contribution >= 0.6 is 0 Å². The molecular formula is C64H40N4. The van der Waals surface area contributed by atoms with Crippen molar-refractivity contribution in [3.63, 3.8) is 0 Å². The van der Waals surface area contributed by atoms with Crippen LogP contribution in [0.5, 0.6) is 0 Å². The minimum absolute atomic E-state index is 0.666. The lowest BCUT2D eigenvalue weighted by atomic mass is 9.87. The van der Waals surface area contributed by atoms with E-state index in [4.69, 9.17) is 4.98 Å². The molecule has 3 aromatic heterocycles. The topological polar surface area (TPSA) is 50.7 Å². The van der Waals surface area contributed by atoms with Gasteiger partial charge in [-0.3, -0.25) is 15.0 Å². The van der Waals surface area contributed by atoms with Gasteiger partial charge >= 0.3 is 0 Å². The standard InChI is InChI=1S/C64H40N4/c1-3-13-51-49(11-1)55-17-9-15-53-47(23-25-57(51)63(53)55)45-34-44(35-46(36-45)48-24-26-58-52-14-4-2-12-50(52)56-18-10-16-54(48)64(56)58)43-32-41(39-21-27-61(67-37-39)59-19-5-7-29-65-59)31-42(33-43)40-22-28-62(68-38-40)60-20-6-8-30-66-60/h1-37,68H,38H2. The first kappa shape index (κ1) is 38.3. The van der Waals surface area contributed by atoms with Crippen molar-refractivity contribution in [3.8, 4) is 100 Å². The maximum atomic E-state index is 4.94. The molecule has 8 aromatic carbocycles. The summed E-state index contributed by atoms with van der Waals surface area (Å²) in [4.78, 5) is 14.1. The first-order chi connectivity index (χ1) is 33.7. The molecule has 4 heteroatoms. The van der Waals surface area contributed by atoms with E-state index in [2.05, 4.69) is 185 Å². The molecule has 4 nitrogen and oxygen atoms in total. The lowest BCUT2D eigenvalue weighted by Gasteiger charge is -2.20.